The van der Waals surface area contributed by atoms with Gasteiger partial charge in [0.1, 0.15) is 5.75 Å². The predicted octanol–water partition coefficient (Wildman–Crippen LogP) is 4.11. The molecule has 0 saturated carbocycles. The van der Waals surface area contributed by atoms with E-state index in [1.165, 1.54) is 11.1 Å². The number of amides is 1. The van der Waals surface area contributed by atoms with Gasteiger partial charge in [0, 0.05) is 30.2 Å². The van der Waals surface area contributed by atoms with Gasteiger partial charge in [-0.1, -0.05) is 54.6 Å². The van der Waals surface area contributed by atoms with Crippen molar-refractivity contribution in [2.75, 3.05) is 39.5 Å². The molecule has 0 spiro atoms. The number of nitrogens with zero attached hydrogens (tertiary/aromatic N) is 1. The minimum absolute atomic E-state index is 0.0337. The van der Waals surface area contributed by atoms with E-state index in [0.717, 1.165) is 29.4 Å². The molecule has 196 valence electrons. The molecule has 3 aromatic carbocycles. The average molecular weight is 525 g/mol. The van der Waals surface area contributed by atoms with E-state index in [4.69, 9.17) is 24.5 Å². The molecule has 1 amide bonds. The maximum absolute atomic E-state index is 12.5. The van der Waals surface area contributed by atoms with Gasteiger partial charge in [-0.25, -0.2) is 9.59 Å². The van der Waals surface area contributed by atoms with Gasteiger partial charge in [-0.2, -0.15) is 11.8 Å². The maximum atomic E-state index is 12.5. The highest BCUT2D eigenvalue weighted by atomic mass is 32.2. The van der Waals surface area contributed by atoms with Crippen LogP contribution in [-0.4, -0.2) is 72.5 Å². The largest absolute Gasteiger partial charge is 0.493 e. The van der Waals surface area contributed by atoms with Crippen molar-refractivity contribution in [3.63, 3.8) is 0 Å². The number of likely N-dealkylation sites (N-methyl/N-ethyl adjacent to an activating group) is 1. The summed E-state index contributed by atoms with van der Waals surface area (Å²) >= 11 is 1.85. The smallest absolute Gasteiger partial charge is 0.414 e. The number of nitrogens with one attached hydrogen (secondary N) is 1. The number of thioether (sulfide) groups is 1. The van der Waals surface area contributed by atoms with Crippen LogP contribution in [0.25, 0.3) is 11.1 Å². The van der Waals surface area contributed by atoms with E-state index < -0.39 is 11.9 Å². The van der Waals surface area contributed by atoms with E-state index in [-0.39, 0.29) is 5.91 Å². The van der Waals surface area contributed by atoms with Crippen LogP contribution in [0.4, 0.5) is 0 Å². The summed E-state index contributed by atoms with van der Waals surface area (Å²) in [5, 5.41) is 17.8. The molecule has 3 N–H and O–H groups in total. The number of benzene rings is 3. The summed E-state index contributed by atoms with van der Waals surface area (Å²) in [4.78, 5) is 32.8. The molecule has 37 heavy (non-hydrogen) atoms. The fourth-order valence-corrected chi connectivity index (χ4v) is 3.99. The second kappa shape index (κ2) is 16.0. The Kier molecular flexibility index (Phi) is 12.7. The van der Waals surface area contributed by atoms with Crippen molar-refractivity contribution in [3.8, 4) is 16.9 Å². The fraction of sp³-hybridized carbons (Fsp3) is 0.250. The highest BCUT2D eigenvalue weighted by Gasteiger charge is 2.10. The van der Waals surface area contributed by atoms with E-state index >= 15 is 0 Å². The minimum Gasteiger partial charge on any atom is -0.493 e. The number of carbonyl (C=O) groups excluding carboxylic acids is 1. The molecule has 0 unspecified atom stereocenters. The number of rotatable bonds is 11. The lowest BCUT2D eigenvalue weighted by atomic mass is 9.99. The lowest BCUT2D eigenvalue weighted by molar-refractivity contribution is -0.159. The number of para-hydroxylation sites is 1. The molecule has 0 fully saturated rings. The van der Waals surface area contributed by atoms with Crippen molar-refractivity contribution >= 4 is 29.6 Å². The summed E-state index contributed by atoms with van der Waals surface area (Å²) < 4.78 is 5.78. The molecule has 0 aromatic heterocycles. The normalized spacial score (nSPS) is 10.2. The first kappa shape index (κ1) is 29.4. The van der Waals surface area contributed by atoms with Crippen molar-refractivity contribution in [2.45, 2.75) is 5.75 Å². The minimum atomic E-state index is -1.82. The van der Waals surface area contributed by atoms with Crippen LogP contribution in [0.1, 0.15) is 15.9 Å². The average Bonchev–Trinajstić information content (AvgIpc) is 2.89. The highest BCUT2D eigenvalue weighted by molar-refractivity contribution is 7.98. The molecule has 0 saturated heterocycles. The Morgan fingerprint density at radius 1 is 0.892 bits per heavy atom. The van der Waals surface area contributed by atoms with Crippen molar-refractivity contribution in [1.82, 2.24) is 10.2 Å². The number of carboxylic acids is 2. The van der Waals surface area contributed by atoms with Crippen LogP contribution in [0.15, 0.2) is 78.9 Å². The molecule has 0 atom stereocenters. The van der Waals surface area contributed by atoms with E-state index in [1.807, 2.05) is 80.5 Å². The maximum Gasteiger partial charge on any atom is 0.414 e. The molecule has 8 nitrogen and oxygen atoms in total. The zero-order chi connectivity index (χ0) is 27.0. The standard InChI is InChI=1S/C26H30N2O2S.C2H2O4/c1-28(2)16-15-27-26(29)22-11-8-10-21(19-22)25-14-7-6-9-23(25)20-31-18-17-30-24-12-4-3-5-13-24;3-1(4)2(5)6/h3-14,19H,15-18,20H2,1-2H3,(H,27,29);(H,3,4)(H,5,6). The van der Waals surface area contributed by atoms with E-state index in [2.05, 4.69) is 34.5 Å². The molecule has 9 heteroatoms. The van der Waals surface area contributed by atoms with Crippen molar-refractivity contribution in [2.24, 2.45) is 0 Å². The van der Waals surface area contributed by atoms with Gasteiger partial charge in [0.05, 0.1) is 6.61 Å². The van der Waals surface area contributed by atoms with E-state index in [9.17, 15) is 4.79 Å². The third kappa shape index (κ3) is 11.2. The van der Waals surface area contributed by atoms with Crippen LogP contribution >= 0.6 is 11.8 Å². The summed E-state index contributed by atoms with van der Waals surface area (Å²) in [5.41, 5.74) is 4.19. The number of hydrogen-bond donors (Lipinski definition) is 3. The van der Waals surface area contributed by atoms with Crippen LogP contribution in [0, 0.1) is 0 Å². The number of ether oxygens (including phenoxy) is 1. The summed E-state index contributed by atoms with van der Waals surface area (Å²) in [5.74, 6) is -0.965. The Morgan fingerprint density at radius 2 is 1.57 bits per heavy atom. The number of hydrogen-bond acceptors (Lipinski definition) is 6. The lowest BCUT2D eigenvalue weighted by Crippen LogP contribution is -2.31. The summed E-state index contributed by atoms with van der Waals surface area (Å²) in [6.07, 6.45) is 0. The third-order valence-corrected chi connectivity index (χ3v) is 5.95. The Morgan fingerprint density at radius 3 is 2.24 bits per heavy atom. The molecule has 0 radical (unpaired) electrons. The van der Waals surface area contributed by atoms with Crippen molar-refractivity contribution in [1.29, 1.82) is 0 Å². The summed E-state index contributed by atoms with van der Waals surface area (Å²) in [6.45, 7) is 2.13. The molecular formula is C28H32N2O6S. The van der Waals surface area contributed by atoms with Crippen molar-refractivity contribution < 1.29 is 29.3 Å². The number of aliphatic carboxylic acids is 2. The van der Waals surface area contributed by atoms with Crippen LogP contribution in [-0.2, 0) is 15.3 Å². The first-order chi connectivity index (χ1) is 17.8. The van der Waals surface area contributed by atoms with Crippen LogP contribution in [0.2, 0.25) is 0 Å². The Balaban J connectivity index is 0.000000717. The quantitative estimate of drug-likeness (QED) is 0.254. The SMILES string of the molecule is CN(C)CCNC(=O)c1cccc(-c2ccccc2CSCCOc2ccccc2)c1.O=C(O)C(=O)O. The lowest BCUT2D eigenvalue weighted by Gasteiger charge is -2.13. The molecule has 0 aliphatic heterocycles. The van der Waals surface area contributed by atoms with Gasteiger partial charge in [0.15, 0.2) is 0 Å². The molecule has 3 rings (SSSR count). The van der Waals surface area contributed by atoms with Crippen LogP contribution < -0.4 is 10.1 Å². The summed E-state index contributed by atoms with van der Waals surface area (Å²) in [7, 11) is 3.99. The Hall–Kier alpha value is -3.82. The van der Waals surface area contributed by atoms with Gasteiger partial charge in [0.2, 0.25) is 0 Å². The fourth-order valence-electron chi connectivity index (χ4n) is 3.17. The van der Waals surface area contributed by atoms with Gasteiger partial charge in [-0.05, 0) is 55.1 Å². The third-order valence-electron chi connectivity index (χ3n) is 4.98. The molecule has 0 aliphatic carbocycles. The van der Waals surface area contributed by atoms with Crippen LogP contribution in [0.5, 0.6) is 5.75 Å². The van der Waals surface area contributed by atoms with Crippen molar-refractivity contribution in [3.05, 3.63) is 90.0 Å². The van der Waals surface area contributed by atoms with Gasteiger partial charge in [0.25, 0.3) is 5.91 Å². The van der Waals surface area contributed by atoms with Gasteiger partial charge in [-0.15, -0.1) is 0 Å². The first-order valence-electron chi connectivity index (χ1n) is 11.6. The molecule has 3 aromatic rings. The number of carbonyl (C=O) groups is 3. The highest BCUT2D eigenvalue weighted by Crippen LogP contribution is 2.27. The molecule has 0 bridgehead atoms. The first-order valence-corrected chi connectivity index (χ1v) is 12.8. The Bertz CT molecular complexity index is 1140. The molecular weight excluding hydrogens is 492 g/mol. The van der Waals surface area contributed by atoms with E-state index in [1.54, 1.807) is 0 Å². The van der Waals surface area contributed by atoms with Gasteiger partial charge >= 0.3 is 11.9 Å². The predicted molar refractivity (Wildman–Crippen MR) is 146 cm³/mol. The number of carboxylic acid groups (broad SMARTS) is 2. The monoisotopic (exact) mass is 524 g/mol. The van der Waals surface area contributed by atoms with E-state index in [0.29, 0.717) is 18.7 Å². The molecule has 0 aliphatic rings. The zero-order valence-corrected chi connectivity index (χ0v) is 21.7. The second-order valence-electron chi connectivity index (χ2n) is 8.12. The zero-order valence-electron chi connectivity index (χ0n) is 20.9. The topological polar surface area (TPSA) is 116 Å². The van der Waals surface area contributed by atoms with Gasteiger partial charge in [-0.3, -0.25) is 4.79 Å². The summed E-state index contributed by atoms with van der Waals surface area (Å²) in [6, 6.07) is 26.2. The van der Waals surface area contributed by atoms with Crippen LogP contribution in [0.3, 0.4) is 0 Å². The second-order valence-corrected chi connectivity index (χ2v) is 9.23. The van der Waals surface area contributed by atoms with Gasteiger partial charge < -0.3 is 25.2 Å². The Labute approximate surface area is 221 Å². The molecule has 0 heterocycles.